The maximum atomic E-state index is 12.9. The minimum Gasteiger partial charge on any atom is -0.369 e. The minimum absolute atomic E-state index is 0.196. The van der Waals surface area contributed by atoms with Crippen LogP contribution in [-0.4, -0.2) is 9.55 Å². The highest BCUT2D eigenvalue weighted by atomic mass is 19.1. The Morgan fingerprint density at radius 1 is 1.38 bits per heavy atom. The molecular formula is C12H14FN3. The van der Waals surface area contributed by atoms with E-state index in [-0.39, 0.29) is 5.82 Å². The van der Waals surface area contributed by atoms with Crippen LogP contribution >= 0.6 is 0 Å². The number of nitrogens with zero attached hydrogens (tertiary/aromatic N) is 2. The van der Waals surface area contributed by atoms with Crippen molar-refractivity contribution in [3.8, 4) is 0 Å². The van der Waals surface area contributed by atoms with E-state index in [9.17, 15) is 4.39 Å². The molecule has 0 aliphatic rings. The van der Waals surface area contributed by atoms with Crippen LogP contribution in [0.5, 0.6) is 0 Å². The highest BCUT2D eigenvalue weighted by Gasteiger charge is 2.02. The van der Waals surface area contributed by atoms with Gasteiger partial charge < -0.3 is 10.3 Å². The quantitative estimate of drug-likeness (QED) is 0.857. The number of aromatic nitrogens is 2. The van der Waals surface area contributed by atoms with Gasteiger partial charge >= 0.3 is 0 Å². The molecule has 2 N–H and O–H groups in total. The Morgan fingerprint density at radius 3 is 2.81 bits per heavy atom. The zero-order valence-electron chi connectivity index (χ0n) is 9.15. The molecule has 1 heterocycles. The first-order valence-corrected chi connectivity index (χ1v) is 5.17. The predicted molar refractivity (Wildman–Crippen MR) is 61.4 cm³/mol. The second-order valence-electron chi connectivity index (χ2n) is 3.83. The van der Waals surface area contributed by atoms with Gasteiger partial charge in [0.05, 0.1) is 5.69 Å². The molecule has 0 radical (unpaired) electrons. The number of benzene rings is 1. The Hall–Kier alpha value is -1.84. The third kappa shape index (κ3) is 2.39. The Balaban J connectivity index is 2.02. The van der Waals surface area contributed by atoms with Crippen LogP contribution in [0.15, 0.2) is 30.5 Å². The van der Waals surface area contributed by atoms with Crippen LogP contribution < -0.4 is 5.73 Å². The Labute approximate surface area is 93.7 Å². The van der Waals surface area contributed by atoms with E-state index < -0.39 is 0 Å². The Morgan fingerprint density at radius 2 is 2.19 bits per heavy atom. The van der Waals surface area contributed by atoms with E-state index in [0.29, 0.717) is 5.95 Å². The van der Waals surface area contributed by atoms with Crippen LogP contribution in [-0.2, 0) is 19.9 Å². The second-order valence-corrected chi connectivity index (χ2v) is 3.83. The molecule has 0 saturated heterocycles. The van der Waals surface area contributed by atoms with E-state index in [2.05, 4.69) is 4.98 Å². The number of nitrogens with two attached hydrogens (primary N) is 1. The maximum absolute atomic E-state index is 12.9. The molecule has 0 amide bonds. The molecule has 1 aromatic carbocycles. The summed E-state index contributed by atoms with van der Waals surface area (Å²) in [6.07, 6.45) is 3.44. The van der Waals surface area contributed by atoms with Gasteiger partial charge in [0.1, 0.15) is 5.82 Å². The molecule has 4 heteroatoms. The Bertz CT molecular complexity index is 471. The second kappa shape index (κ2) is 4.35. The van der Waals surface area contributed by atoms with Crippen molar-refractivity contribution < 1.29 is 4.39 Å². The van der Waals surface area contributed by atoms with Crippen LogP contribution in [0.2, 0.25) is 0 Å². The van der Waals surface area contributed by atoms with Crippen molar-refractivity contribution >= 4 is 5.95 Å². The zero-order chi connectivity index (χ0) is 11.5. The number of anilines is 1. The van der Waals surface area contributed by atoms with Crippen molar-refractivity contribution in [3.63, 3.8) is 0 Å². The molecule has 84 valence electrons. The molecule has 2 aromatic rings. The lowest BCUT2D eigenvalue weighted by molar-refractivity contribution is 0.625. The van der Waals surface area contributed by atoms with Crippen LogP contribution in [0.25, 0.3) is 0 Å². The van der Waals surface area contributed by atoms with Crippen molar-refractivity contribution in [2.24, 2.45) is 7.05 Å². The lowest BCUT2D eigenvalue weighted by Crippen LogP contribution is -1.95. The van der Waals surface area contributed by atoms with Crippen molar-refractivity contribution in [1.29, 1.82) is 0 Å². The largest absolute Gasteiger partial charge is 0.369 e. The summed E-state index contributed by atoms with van der Waals surface area (Å²) in [6, 6.07) is 6.63. The number of halogens is 1. The summed E-state index contributed by atoms with van der Waals surface area (Å²) in [7, 11) is 1.86. The van der Waals surface area contributed by atoms with Crippen molar-refractivity contribution in [3.05, 3.63) is 47.5 Å². The first-order valence-electron chi connectivity index (χ1n) is 5.17. The summed E-state index contributed by atoms with van der Waals surface area (Å²) in [5.41, 5.74) is 7.54. The highest BCUT2D eigenvalue weighted by Crippen LogP contribution is 2.09. The van der Waals surface area contributed by atoms with Gasteiger partial charge in [0.25, 0.3) is 0 Å². The van der Waals surface area contributed by atoms with Crippen LogP contribution in [0.4, 0.5) is 10.3 Å². The SMILES string of the molecule is Cn1cc(CCc2cccc(F)c2)nc1N. The van der Waals surface area contributed by atoms with Gasteiger partial charge in [-0.1, -0.05) is 12.1 Å². The topological polar surface area (TPSA) is 43.8 Å². The predicted octanol–water partition coefficient (Wildman–Crippen LogP) is 1.93. The number of aryl methyl sites for hydroxylation is 3. The van der Waals surface area contributed by atoms with E-state index in [4.69, 9.17) is 5.73 Å². The lowest BCUT2D eigenvalue weighted by atomic mass is 10.1. The smallest absolute Gasteiger partial charge is 0.200 e. The molecule has 0 unspecified atom stereocenters. The van der Waals surface area contributed by atoms with Crippen molar-refractivity contribution in [2.75, 3.05) is 5.73 Å². The van der Waals surface area contributed by atoms with E-state index in [1.165, 1.54) is 6.07 Å². The van der Waals surface area contributed by atoms with Gasteiger partial charge in [-0.15, -0.1) is 0 Å². The van der Waals surface area contributed by atoms with E-state index >= 15 is 0 Å². The van der Waals surface area contributed by atoms with Crippen molar-refractivity contribution in [2.45, 2.75) is 12.8 Å². The molecule has 16 heavy (non-hydrogen) atoms. The van der Waals surface area contributed by atoms with E-state index in [0.717, 1.165) is 24.1 Å². The minimum atomic E-state index is -0.196. The monoisotopic (exact) mass is 219 g/mol. The summed E-state index contributed by atoms with van der Waals surface area (Å²) in [6.45, 7) is 0. The average Bonchev–Trinajstić information content (AvgIpc) is 2.56. The number of hydrogen-bond acceptors (Lipinski definition) is 2. The first kappa shape index (κ1) is 10.7. The van der Waals surface area contributed by atoms with E-state index in [1.54, 1.807) is 16.7 Å². The van der Waals surface area contributed by atoms with Gasteiger partial charge in [0.2, 0.25) is 0 Å². The first-order chi connectivity index (χ1) is 7.65. The number of nitrogen functional groups attached to an aromatic ring is 1. The fourth-order valence-electron chi connectivity index (χ4n) is 1.63. The molecule has 0 saturated carbocycles. The lowest BCUT2D eigenvalue weighted by Gasteiger charge is -1.98. The summed E-state index contributed by atoms with van der Waals surface area (Å²) < 4.78 is 14.7. The van der Waals surface area contributed by atoms with Crippen LogP contribution in [0, 0.1) is 5.82 Å². The summed E-state index contributed by atoms with van der Waals surface area (Å²) in [4.78, 5) is 4.19. The van der Waals surface area contributed by atoms with Gasteiger partial charge in [-0.3, -0.25) is 0 Å². The maximum Gasteiger partial charge on any atom is 0.200 e. The van der Waals surface area contributed by atoms with Crippen LogP contribution in [0.3, 0.4) is 0 Å². The zero-order valence-corrected chi connectivity index (χ0v) is 9.15. The summed E-state index contributed by atoms with van der Waals surface area (Å²) in [5, 5.41) is 0. The van der Waals surface area contributed by atoms with Gasteiger partial charge in [-0.05, 0) is 30.5 Å². The standard InChI is InChI=1S/C12H14FN3/c1-16-8-11(15-12(16)14)6-5-9-3-2-4-10(13)7-9/h2-4,7-8H,5-6H2,1H3,(H2,14,15). The molecule has 1 aromatic heterocycles. The van der Waals surface area contributed by atoms with Gasteiger partial charge in [0, 0.05) is 13.2 Å². The summed E-state index contributed by atoms with van der Waals surface area (Å²) >= 11 is 0. The fourth-order valence-corrected chi connectivity index (χ4v) is 1.63. The molecule has 0 aliphatic heterocycles. The average molecular weight is 219 g/mol. The number of imidazole rings is 1. The molecule has 2 rings (SSSR count). The van der Waals surface area contributed by atoms with Gasteiger partial charge in [0.15, 0.2) is 5.95 Å². The molecule has 0 atom stereocenters. The van der Waals surface area contributed by atoms with Crippen LogP contribution in [0.1, 0.15) is 11.3 Å². The molecule has 0 fully saturated rings. The van der Waals surface area contributed by atoms with Crippen molar-refractivity contribution in [1.82, 2.24) is 9.55 Å². The highest BCUT2D eigenvalue weighted by molar-refractivity contribution is 5.23. The fraction of sp³-hybridized carbons (Fsp3) is 0.250. The molecule has 3 nitrogen and oxygen atoms in total. The molecule has 0 bridgehead atoms. The Kier molecular flexibility index (Phi) is 2.90. The summed E-state index contributed by atoms with van der Waals surface area (Å²) in [5.74, 6) is 0.312. The third-order valence-corrected chi connectivity index (χ3v) is 2.52. The molecule has 0 aliphatic carbocycles. The van der Waals surface area contributed by atoms with Gasteiger partial charge in [-0.25, -0.2) is 9.37 Å². The van der Waals surface area contributed by atoms with Gasteiger partial charge in [-0.2, -0.15) is 0 Å². The third-order valence-electron chi connectivity index (χ3n) is 2.52. The number of hydrogen-bond donors (Lipinski definition) is 1. The normalized spacial score (nSPS) is 10.6. The van der Waals surface area contributed by atoms with E-state index in [1.807, 2.05) is 19.3 Å². The molecule has 0 spiro atoms. The molecular weight excluding hydrogens is 205 g/mol. The number of rotatable bonds is 3.